The number of ether oxygens (including phenoxy) is 1. The summed E-state index contributed by atoms with van der Waals surface area (Å²) in [5.74, 6) is 2.19. The van der Waals surface area contributed by atoms with E-state index in [0.717, 1.165) is 36.7 Å². The topological polar surface area (TPSA) is 59.1 Å². The molecule has 2 N–H and O–H groups in total. The van der Waals surface area contributed by atoms with E-state index in [4.69, 9.17) is 4.74 Å². The minimum atomic E-state index is 0.155. The van der Waals surface area contributed by atoms with Gasteiger partial charge in [-0.15, -0.1) is 0 Å². The van der Waals surface area contributed by atoms with E-state index in [0.29, 0.717) is 5.92 Å². The maximum absolute atomic E-state index is 5.25. The van der Waals surface area contributed by atoms with Crippen LogP contribution in [0, 0.1) is 0 Å². The van der Waals surface area contributed by atoms with Gasteiger partial charge in [-0.1, -0.05) is 20.8 Å². The molecular weight excluding hydrogens is 240 g/mol. The van der Waals surface area contributed by atoms with Gasteiger partial charge in [-0.2, -0.15) is 0 Å². The van der Waals surface area contributed by atoms with Crippen molar-refractivity contribution >= 4 is 11.6 Å². The number of nitrogens with zero attached hydrogens (tertiary/aromatic N) is 2. The molecule has 0 bridgehead atoms. The quantitative estimate of drug-likeness (QED) is 0.757. The van der Waals surface area contributed by atoms with Gasteiger partial charge in [0.2, 0.25) is 0 Å². The molecule has 108 valence electrons. The first-order valence-electron chi connectivity index (χ1n) is 6.95. The van der Waals surface area contributed by atoms with Gasteiger partial charge in [0.25, 0.3) is 0 Å². The van der Waals surface area contributed by atoms with Crippen molar-refractivity contribution in [2.45, 2.75) is 46.1 Å². The average molecular weight is 266 g/mol. The van der Waals surface area contributed by atoms with Crippen LogP contribution in [-0.4, -0.2) is 36.3 Å². The van der Waals surface area contributed by atoms with Crippen LogP contribution in [0.15, 0.2) is 6.33 Å². The van der Waals surface area contributed by atoms with E-state index in [1.54, 1.807) is 13.4 Å². The van der Waals surface area contributed by atoms with Crippen molar-refractivity contribution in [3.63, 3.8) is 0 Å². The Labute approximate surface area is 116 Å². The summed E-state index contributed by atoms with van der Waals surface area (Å²) in [6.45, 7) is 10.1. The van der Waals surface area contributed by atoms with E-state index < -0.39 is 0 Å². The second-order valence-corrected chi connectivity index (χ2v) is 4.99. The predicted molar refractivity (Wildman–Crippen MR) is 79.9 cm³/mol. The van der Waals surface area contributed by atoms with Crippen LogP contribution in [0.25, 0.3) is 0 Å². The number of hydrogen-bond acceptors (Lipinski definition) is 5. The van der Waals surface area contributed by atoms with E-state index in [1.165, 1.54) is 0 Å². The predicted octanol–water partition coefficient (Wildman–Crippen LogP) is 2.87. The number of nitrogens with one attached hydrogen (secondary N) is 2. The fourth-order valence-corrected chi connectivity index (χ4v) is 1.79. The summed E-state index contributed by atoms with van der Waals surface area (Å²) in [6.07, 6.45) is 2.83. The number of methoxy groups -OCH3 is 1. The smallest absolute Gasteiger partial charge is 0.135 e. The molecule has 0 fully saturated rings. The molecule has 19 heavy (non-hydrogen) atoms. The lowest BCUT2D eigenvalue weighted by Crippen LogP contribution is -2.20. The zero-order chi connectivity index (χ0) is 14.3. The van der Waals surface area contributed by atoms with Crippen LogP contribution in [0.4, 0.5) is 11.6 Å². The van der Waals surface area contributed by atoms with Crippen molar-refractivity contribution in [2.75, 3.05) is 30.8 Å². The summed E-state index contributed by atoms with van der Waals surface area (Å²) in [5.41, 5.74) is 1.14. The van der Waals surface area contributed by atoms with Crippen molar-refractivity contribution in [1.29, 1.82) is 0 Å². The number of rotatable bonds is 8. The molecule has 5 nitrogen and oxygen atoms in total. The summed E-state index contributed by atoms with van der Waals surface area (Å²) in [5, 5.41) is 6.71. The maximum Gasteiger partial charge on any atom is 0.135 e. The van der Waals surface area contributed by atoms with Crippen LogP contribution in [0.3, 0.4) is 0 Å². The lowest BCUT2D eigenvalue weighted by atomic mass is 10.0. The zero-order valence-electron chi connectivity index (χ0n) is 12.7. The summed E-state index contributed by atoms with van der Waals surface area (Å²) in [6, 6.07) is 0. The highest BCUT2D eigenvalue weighted by atomic mass is 16.5. The Bertz CT molecular complexity index is 382. The first-order valence-corrected chi connectivity index (χ1v) is 6.95. The maximum atomic E-state index is 5.25. The Balaban J connectivity index is 2.89. The van der Waals surface area contributed by atoms with E-state index in [-0.39, 0.29) is 6.10 Å². The molecular formula is C14H26N4O. The molecule has 0 spiro atoms. The van der Waals surface area contributed by atoms with Gasteiger partial charge in [-0.3, -0.25) is 0 Å². The molecule has 0 radical (unpaired) electrons. The molecule has 1 atom stereocenters. The standard InChI is InChI=1S/C14H26N4O/c1-6-7-15-13-12(10(2)3)14(18-9-17-13)16-8-11(4)19-5/h9-11H,6-8H2,1-5H3,(H2,15,16,17,18). The molecule has 1 aromatic heterocycles. The second kappa shape index (κ2) is 7.94. The SMILES string of the molecule is CCCNc1ncnc(NCC(C)OC)c1C(C)C. The molecule has 5 heteroatoms. The number of anilines is 2. The van der Waals surface area contributed by atoms with E-state index in [9.17, 15) is 0 Å². The highest BCUT2D eigenvalue weighted by molar-refractivity contribution is 5.59. The zero-order valence-corrected chi connectivity index (χ0v) is 12.7. The van der Waals surface area contributed by atoms with Gasteiger partial charge in [0.05, 0.1) is 6.10 Å². The van der Waals surface area contributed by atoms with Crippen LogP contribution < -0.4 is 10.6 Å². The van der Waals surface area contributed by atoms with Crippen LogP contribution >= 0.6 is 0 Å². The molecule has 0 amide bonds. The summed E-state index contributed by atoms with van der Waals surface area (Å²) in [4.78, 5) is 8.71. The van der Waals surface area contributed by atoms with Gasteiger partial charge in [0.15, 0.2) is 0 Å². The summed E-state index contributed by atoms with van der Waals surface area (Å²) in [7, 11) is 1.71. The van der Waals surface area contributed by atoms with Gasteiger partial charge in [-0.25, -0.2) is 9.97 Å². The monoisotopic (exact) mass is 266 g/mol. The fourth-order valence-electron chi connectivity index (χ4n) is 1.79. The third-order valence-electron chi connectivity index (χ3n) is 2.96. The highest BCUT2D eigenvalue weighted by Gasteiger charge is 2.15. The molecule has 1 unspecified atom stereocenters. The third kappa shape index (κ3) is 4.67. The highest BCUT2D eigenvalue weighted by Crippen LogP contribution is 2.28. The molecule has 0 aromatic carbocycles. The fraction of sp³-hybridized carbons (Fsp3) is 0.714. The molecule has 1 rings (SSSR count). The Morgan fingerprint density at radius 1 is 1.16 bits per heavy atom. The lowest BCUT2D eigenvalue weighted by molar-refractivity contribution is 0.128. The molecule has 1 aromatic rings. The van der Waals surface area contributed by atoms with Crippen molar-refractivity contribution in [1.82, 2.24) is 9.97 Å². The van der Waals surface area contributed by atoms with Gasteiger partial charge < -0.3 is 15.4 Å². The molecule has 0 aliphatic heterocycles. The molecule has 0 saturated heterocycles. The average Bonchev–Trinajstić information content (AvgIpc) is 2.41. The molecule has 1 heterocycles. The first kappa shape index (κ1) is 15.7. The van der Waals surface area contributed by atoms with Crippen LogP contribution in [0.2, 0.25) is 0 Å². The van der Waals surface area contributed by atoms with Gasteiger partial charge in [0.1, 0.15) is 18.0 Å². The normalized spacial score (nSPS) is 12.5. The van der Waals surface area contributed by atoms with Crippen LogP contribution in [0.1, 0.15) is 45.6 Å². The lowest BCUT2D eigenvalue weighted by Gasteiger charge is -2.19. The Kier molecular flexibility index (Phi) is 6.56. The van der Waals surface area contributed by atoms with Crippen molar-refractivity contribution in [3.05, 3.63) is 11.9 Å². The van der Waals surface area contributed by atoms with Crippen molar-refractivity contribution in [2.24, 2.45) is 0 Å². The van der Waals surface area contributed by atoms with E-state index in [1.807, 2.05) is 6.92 Å². The second-order valence-electron chi connectivity index (χ2n) is 4.99. The van der Waals surface area contributed by atoms with E-state index >= 15 is 0 Å². The minimum Gasteiger partial charge on any atom is -0.380 e. The summed E-state index contributed by atoms with van der Waals surface area (Å²) < 4.78 is 5.25. The molecule has 0 saturated carbocycles. The van der Waals surface area contributed by atoms with Gasteiger partial charge in [0, 0.05) is 25.8 Å². The molecule has 0 aliphatic carbocycles. The van der Waals surface area contributed by atoms with Gasteiger partial charge in [-0.05, 0) is 19.3 Å². The molecule has 0 aliphatic rings. The Hall–Kier alpha value is -1.36. The van der Waals surface area contributed by atoms with Crippen molar-refractivity contribution < 1.29 is 4.74 Å². The Morgan fingerprint density at radius 3 is 2.32 bits per heavy atom. The van der Waals surface area contributed by atoms with E-state index in [2.05, 4.69) is 41.4 Å². The first-order chi connectivity index (χ1) is 9.10. The Morgan fingerprint density at radius 2 is 1.79 bits per heavy atom. The summed E-state index contributed by atoms with van der Waals surface area (Å²) >= 11 is 0. The minimum absolute atomic E-state index is 0.155. The van der Waals surface area contributed by atoms with Crippen LogP contribution in [-0.2, 0) is 4.74 Å². The van der Waals surface area contributed by atoms with Crippen molar-refractivity contribution in [3.8, 4) is 0 Å². The third-order valence-corrected chi connectivity index (χ3v) is 2.96. The number of hydrogen-bond donors (Lipinski definition) is 2. The number of aromatic nitrogens is 2. The van der Waals surface area contributed by atoms with Gasteiger partial charge >= 0.3 is 0 Å². The van der Waals surface area contributed by atoms with Crippen LogP contribution in [0.5, 0.6) is 0 Å². The largest absolute Gasteiger partial charge is 0.380 e.